The highest BCUT2D eigenvalue weighted by Crippen LogP contribution is 2.33. The third kappa shape index (κ3) is 5.86. The summed E-state index contributed by atoms with van der Waals surface area (Å²) in [5.41, 5.74) is 0.868. The van der Waals surface area contributed by atoms with Crippen molar-refractivity contribution in [2.24, 2.45) is 5.92 Å². The van der Waals surface area contributed by atoms with E-state index in [1.807, 2.05) is 24.3 Å². The van der Waals surface area contributed by atoms with Gasteiger partial charge in [-0.2, -0.15) is 0 Å². The number of aliphatic carboxylic acids is 1. The van der Waals surface area contributed by atoms with Gasteiger partial charge in [-0.25, -0.2) is 0 Å². The third-order valence-corrected chi connectivity index (χ3v) is 4.76. The Morgan fingerprint density at radius 3 is 2.88 bits per heavy atom. The van der Waals surface area contributed by atoms with E-state index in [9.17, 15) is 9.59 Å². The van der Waals surface area contributed by atoms with E-state index < -0.39 is 5.97 Å². The molecule has 1 amide bonds. The van der Waals surface area contributed by atoms with Crippen molar-refractivity contribution in [3.63, 3.8) is 0 Å². The Kier molecular flexibility index (Phi) is 7.01. The van der Waals surface area contributed by atoms with E-state index in [1.165, 1.54) is 16.7 Å². The number of amides is 1. The lowest BCUT2D eigenvalue weighted by Gasteiger charge is -2.13. The number of carboxylic acids is 1. The average molecular weight is 380 g/mol. The van der Waals surface area contributed by atoms with Crippen LogP contribution >= 0.6 is 24.0 Å². The number of thioether (sulfide) groups is 1. The SMILES string of the molecule is CC(C)COc1cccc(/C=C2\SC(=S)N(CCCC(=O)O)C2=O)c1. The van der Waals surface area contributed by atoms with Gasteiger partial charge >= 0.3 is 5.97 Å². The Balaban J connectivity index is 2.05. The van der Waals surface area contributed by atoms with E-state index in [0.717, 1.165) is 11.3 Å². The molecule has 0 aliphatic carbocycles. The summed E-state index contributed by atoms with van der Waals surface area (Å²) < 4.78 is 6.17. The average Bonchev–Trinajstić information content (AvgIpc) is 2.80. The first-order chi connectivity index (χ1) is 11.9. The maximum Gasteiger partial charge on any atom is 0.303 e. The van der Waals surface area contributed by atoms with Crippen LogP contribution in [0.2, 0.25) is 0 Å². The number of thiocarbonyl (C=S) groups is 1. The van der Waals surface area contributed by atoms with Gasteiger partial charge in [-0.05, 0) is 36.1 Å². The Hall–Kier alpha value is -1.86. The monoisotopic (exact) mass is 379 g/mol. The lowest BCUT2D eigenvalue weighted by molar-refractivity contribution is -0.137. The number of ether oxygens (including phenoxy) is 1. The van der Waals surface area contributed by atoms with E-state index in [4.69, 9.17) is 22.1 Å². The lowest BCUT2D eigenvalue weighted by atomic mass is 10.2. The van der Waals surface area contributed by atoms with Crippen LogP contribution in [0.1, 0.15) is 32.3 Å². The highest BCUT2D eigenvalue weighted by atomic mass is 32.2. The summed E-state index contributed by atoms with van der Waals surface area (Å²) in [7, 11) is 0. The molecule has 0 unspecified atom stereocenters. The number of hydrogen-bond acceptors (Lipinski definition) is 5. The Morgan fingerprint density at radius 2 is 2.20 bits per heavy atom. The van der Waals surface area contributed by atoms with Gasteiger partial charge in [-0.1, -0.05) is 50.0 Å². The second-order valence-corrected chi connectivity index (χ2v) is 7.78. The second-order valence-electron chi connectivity index (χ2n) is 6.11. The van der Waals surface area contributed by atoms with Crippen LogP contribution in [0.5, 0.6) is 5.75 Å². The molecule has 1 aliphatic heterocycles. The number of nitrogens with zero attached hydrogens (tertiary/aromatic N) is 1. The van der Waals surface area contributed by atoms with Gasteiger partial charge in [0.2, 0.25) is 0 Å². The van der Waals surface area contributed by atoms with Gasteiger partial charge in [0.1, 0.15) is 10.1 Å². The molecule has 0 spiro atoms. The van der Waals surface area contributed by atoms with Crippen LogP contribution in [-0.2, 0) is 9.59 Å². The Morgan fingerprint density at radius 1 is 1.44 bits per heavy atom. The molecule has 0 atom stereocenters. The van der Waals surface area contributed by atoms with Crippen LogP contribution < -0.4 is 4.74 Å². The number of hydrogen-bond donors (Lipinski definition) is 1. The van der Waals surface area contributed by atoms with Crippen molar-refractivity contribution in [3.8, 4) is 5.75 Å². The summed E-state index contributed by atoms with van der Waals surface area (Å²) in [6.07, 6.45) is 2.19. The predicted molar refractivity (Wildman–Crippen MR) is 104 cm³/mol. The molecular formula is C18H21NO4S2. The molecule has 0 aromatic heterocycles. The van der Waals surface area contributed by atoms with Gasteiger partial charge in [0, 0.05) is 13.0 Å². The van der Waals surface area contributed by atoms with E-state index in [1.54, 1.807) is 6.08 Å². The van der Waals surface area contributed by atoms with Crippen LogP contribution in [0.25, 0.3) is 6.08 Å². The molecule has 1 N–H and O–H groups in total. The Bertz CT molecular complexity index is 700. The minimum atomic E-state index is -0.876. The summed E-state index contributed by atoms with van der Waals surface area (Å²) in [5, 5.41) is 8.71. The molecule has 1 heterocycles. The number of benzene rings is 1. The van der Waals surface area contributed by atoms with Crippen LogP contribution in [0, 0.1) is 5.92 Å². The van der Waals surface area contributed by atoms with E-state index in [0.29, 0.717) is 34.7 Å². The lowest BCUT2D eigenvalue weighted by Crippen LogP contribution is -2.29. The van der Waals surface area contributed by atoms with Crippen molar-refractivity contribution < 1.29 is 19.4 Å². The quantitative estimate of drug-likeness (QED) is 0.548. The van der Waals surface area contributed by atoms with Gasteiger partial charge in [0.25, 0.3) is 5.91 Å². The third-order valence-electron chi connectivity index (χ3n) is 3.39. The molecule has 2 rings (SSSR count). The summed E-state index contributed by atoms with van der Waals surface area (Å²) in [5.74, 6) is 0.151. The van der Waals surface area contributed by atoms with Crippen molar-refractivity contribution in [3.05, 3.63) is 34.7 Å². The fourth-order valence-corrected chi connectivity index (χ4v) is 3.50. The summed E-state index contributed by atoms with van der Waals surface area (Å²) in [4.78, 5) is 25.1. The first kappa shape index (κ1) is 19.5. The van der Waals surface area contributed by atoms with Crippen LogP contribution in [0.3, 0.4) is 0 Å². The molecular weight excluding hydrogens is 358 g/mol. The minimum Gasteiger partial charge on any atom is -0.493 e. The van der Waals surface area contributed by atoms with E-state index >= 15 is 0 Å². The molecule has 25 heavy (non-hydrogen) atoms. The van der Waals surface area contributed by atoms with Crippen LogP contribution in [0.4, 0.5) is 0 Å². The second kappa shape index (κ2) is 9.01. The topological polar surface area (TPSA) is 66.8 Å². The summed E-state index contributed by atoms with van der Waals surface area (Å²) in [6, 6.07) is 7.56. The smallest absolute Gasteiger partial charge is 0.303 e. The van der Waals surface area contributed by atoms with Gasteiger partial charge in [0.15, 0.2) is 0 Å². The fraction of sp³-hybridized carbons (Fsp3) is 0.389. The molecule has 1 fully saturated rings. The zero-order valence-corrected chi connectivity index (χ0v) is 15.9. The summed E-state index contributed by atoms with van der Waals surface area (Å²) in [6.45, 7) is 5.13. The highest BCUT2D eigenvalue weighted by molar-refractivity contribution is 8.26. The molecule has 1 aliphatic rings. The maximum atomic E-state index is 12.5. The first-order valence-electron chi connectivity index (χ1n) is 8.07. The summed E-state index contributed by atoms with van der Waals surface area (Å²) >= 11 is 6.48. The number of carbonyl (C=O) groups excluding carboxylic acids is 1. The van der Waals surface area contributed by atoms with Gasteiger partial charge in [-0.15, -0.1) is 0 Å². The maximum absolute atomic E-state index is 12.5. The van der Waals surface area contributed by atoms with Crippen molar-refractivity contribution in [1.29, 1.82) is 0 Å². The fourth-order valence-electron chi connectivity index (χ4n) is 2.19. The van der Waals surface area contributed by atoms with Gasteiger partial charge in [0.05, 0.1) is 11.5 Å². The molecule has 7 heteroatoms. The predicted octanol–water partition coefficient (Wildman–Crippen LogP) is 3.79. The molecule has 1 aromatic carbocycles. The van der Waals surface area contributed by atoms with Gasteiger partial charge in [-0.3, -0.25) is 14.5 Å². The number of carboxylic acid groups (broad SMARTS) is 1. The van der Waals surface area contributed by atoms with Gasteiger partial charge < -0.3 is 9.84 Å². The largest absolute Gasteiger partial charge is 0.493 e. The number of rotatable bonds is 8. The molecule has 134 valence electrons. The molecule has 1 saturated heterocycles. The van der Waals surface area contributed by atoms with Crippen LogP contribution in [0.15, 0.2) is 29.2 Å². The Labute approximate surface area is 157 Å². The van der Waals surface area contributed by atoms with Crippen molar-refractivity contribution >= 4 is 46.3 Å². The van der Waals surface area contributed by atoms with Crippen LogP contribution in [-0.4, -0.2) is 39.4 Å². The standard InChI is InChI=1S/C18H21NO4S2/c1-12(2)11-23-14-6-3-5-13(9-14)10-15-17(22)19(18(24)25-15)8-4-7-16(20)21/h3,5-6,9-10,12H,4,7-8,11H2,1-2H3,(H,20,21)/b15-10-. The molecule has 0 radical (unpaired) electrons. The molecule has 0 bridgehead atoms. The molecule has 5 nitrogen and oxygen atoms in total. The molecule has 1 aromatic rings. The van der Waals surface area contributed by atoms with E-state index in [2.05, 4.69) is 13.8 Å². The molecule has 0 saturated carbocycles. The normalized spacial score (nSPS) is 16.1. The van der Waals surface area contributed by atoms with E-state index in [-0.39, 0.29) is 12.3 Å². The first-order valence-corrected chi connectivity index (χ1v) is 9.29. The minimum absolute atomic E-state index is 0.0192. The van der Waals surface area contributed by atoms with Crippen molar-refractivity contribution in [1.82, 2.24) is 4.90 Å². The van der Waals surface area contributed by atoms with Crippen molar-refractivity contribution in [2.45, 2.75) is 26.7 Å². The van der Waals surface area contributed by atoms with Crippen molar-refractivity contribution in [2.75, 3.05) is 13.2 Å². The zero-order chi connectivity index (χ0) is 18.4. The highest BCUT2D eigenvalue weighted by Gasteiger charge is 2.31. The number of carbonyl (C=O) groups is 2. The zero-order valence-electron chi connectivity index (χ0n) is 14.2.